The van der Waals surface area contributed by atoms with Crippen molar-refractivity contribution in [3.05, 3.63) is 0 Å². The molecular formula is C12H26N4O5. The number of aliphatic hydroxyl groups is 1. The first-order chi connectivity index (χ1) is 9.41. The van der Waals surface area contributed by atoms with Crippen molar-refractivity contribution < 1.29 is 24.4 Å². The Morgan fingerprint density at radius 1 is 0.952 bits per heavy atom. The SMILES string of the molecule is CC(C)(C)NNOC(=O)CC(O)C(=O)ONNC(C)(C)C. The smallest absolute Gasteiger partial charge is 0.355 e. The Kier molecular flexibility index (Phi) is 7.75. The molecule has 0 bridgehead atoms. The molecule has 0 aromatic heterocycles. The van der Waals surface area contributed by atoms with Crippen LogP contribution in [0.15, 0.2) is 0 Å². The van der Waals surface area contributed by atoms with Crippen LogP contribution in [0, 0.1) is 0 Å². The first-order valence-electron chi connectivity index (χ1n) is 6.53. The Balaban J connectivity index is 3.93. The predicted molar refractivity (Wildman–Crippen MR) is 74.9 cm³/mol. The van der Waals surface area contributed by atoms with Gasteiger partial charge in [0.15, 0.2) is 6.10 Å². The molecule has 0 saturated carbocycles. The molecule has 0 spiro atoms. The average Bonchev–Trinajstić information content (AvgIpc) is 2.24. The van der Waals surface area contributed by atoms with E-state index in [1.54, 1.807) is 0 Å². The Labute approximate surface area is 124 Å². The highest BCUT2D eigenvalue weighted by Gasteiger charge is 2.23. The maximum Gasteiger partial charge on any atom is 0.355 e. The average molecular weight is 306 g/mol. The fraction of sp³-hybridized carbons (Fsp3) is 0.833. The third kappa shape index (κ3) is 12.2. The van der Waals surface area contributed by atoms with E-state index in [4.69, 9.17) is 0 Å². The number of hydrogen-bond acceptors (Lipinski definition) is 9. The summed E-state index contributed by atoms with van der Waals surface area (Å²) in [5.74, 6) is -1.80. The van der Waals surface area contributed by atoms with Crippen LogP contribution in [0.25, 0.3) is 0 Å². The Morgan fingerprint density at radius 2 is 1.38 bits per heavy atom. The molecule has 0 amide bonds. The van der Waals surface area contributed by atoms with Crippen LogP contribution in [0.3, 0.4) is 0 Å². The molecule has 5 N–H and O–H groups in total. The number of carbonyl (C=O) groups excluding carboxylic acids is 2. The van der Waals surface area contributed by atoms with Crippen LogP contribution in [0.1, 0.15) is 48.0 Å². The molecule has 0 aliphatic carbocycles. The zero-order valence-electron chi connectivity index (χ0n) is 13.4. The van der Waals surface area contributed by atoms with E-state index in [-0.39, 0.29) is 11.1 Å². The number of hydrazine groups is 2. The van der Waals surface area contributed by atoms with Crippen LogP contribution in [0.5, 0.6) is 0 Å². The maximum absolute atomic E-state index is 11.4. The van der Waals surface area contributed by atoms with Gasteiger partial charge in [0.25, 0.3) is 0 Å². The molecule has 0 rings (SSSR count). The van der Waals surface area contributed by atoms with Crippen LogP contribution in [0.2, 0.25) is 0 Å². The molecule has 0 saturated heterocycles. The van der Waals surface area contributed by atoms with Crippen LogP contribution >= 0.6 is 0 Å². The van der Waals surface area contributed by atoms with Crippen LogP contribution in [-0.2, 0) is 19.3 Å². The molecule has 1 unspecified atom stereocenters. The minimum absolute atomic E-state index is 0.305. The first-order valence-corrected chi connectivity index (χ1v) is 6.53. The highest BCUT2D eigenvalue weighted by atomic mass is 16.7. The molecule has 0 aliphatic rings. The van der Waals surface area contributed by atoms with Gasteiger partial charge in [0.1, 0.15) is 0 Å². The topological polar surface area (TPSA) is 121 Å². The normalized spacial score (nSPS) is 13.7. The van der Waals surface area contributed by atoms with Crippen molar-refractivity contribution in [3.63, 3.8) is 0 Å². The second-order valence-corrected chi connectivity index (χ2v) is 6.57. The number of rotatable bonds is 7. The van der Waals surface area contributed by atoms with E-state index in [2.05, 4.69) is 31.7 Å². The second kappa shape index (κ2) is 8.25. The summed E-state index contributed by atoms with van der Waals surface area (Å²) in [5, 5.41) is 9.49. The van der Waals surface area contributed by atoms with Gasteiger partial charge in [-0.05, 0) is 41.5 Å². The summed E-state index contributed by atoms with van der Waals surface area (Å²) in [5.41, 5.74) is 9.17. The largest absolute Gasteiger partial charge is 0.381 e. The van der Waals surface area contributed by atoms with Gasteiger partial charge in [-0.15, -0.1) is 0 Å². The zero-order valence-corrected chi connectivity index (χ0v) is 13.4. The van der Waals surface area contributed by atoms with Gasteiger partial charge in [-0.3, -0.25) is 4.79 Å². The van der Waals surface area contributed by atoms with Crippen LogP contribution < -0.4 is 22.0 Å². The quantitative estimate of drug-likeness (QED) is 0.394. The number of aliphatic hydroxyl groups excluding tert-OH is 1. The summed E-state index contributed by atoms with van der Waals surface area (Å²) >= 11 is 0. The number of nitrogens with one attached hydrogen (secondary N) is 4. The van der Waals surface area contributed by atoms with E-state index < -0.39 is 24.5 Å². The molecule has 0 heterocycles. The van der Waals surface area contributed by atoms with Gasteiger partial charge in [0, 0.05) is 11.1 Å². The van der Waals surface area contributed by atoms with Crippen LogP contribution in [0.4, 0.5) is 0 Å². The van der Waals surface area contributed by atoms with Gasteiger partial charge in [-0.1, -0.05) is 11.2 Å². The van der Waals surface area contributed by atoms with E-state index in [0.29, 0.717) is 0 Å². The highest BCUT2D eigenvalue weighted by Crippen LogP contribution is 1.99. The zero-order chi connectivity index (χ0) is 16.7. The lowest BCUT2D eigenvalue weighted by atomic mass is 10.1. The summed E-state index contributed by atoms with van der Waals surface area (Å²) in [4.78, 5) is 31.9. The molecule has 0 aromatic carbocycles. The molecular weight excluding hydrogens is 280 g/mol. The maximum atomic E-state index is 11.4. The molecule has 9 nitrogen and oxygen atoms in total. The molecule has 0 radical (unpaired) electrons. The minimum atomic E-state index is -1.62. The molecule has 0 aromatic rings. The lowest BCUT2D eigenvalue weighted by molar-refractivity contribution is -0.172. The van der Waals surface area contributed by atoms with Gasteiger partial charge in [-0.2, -0.15) is 0 Å². The van der Waals surface area contributed by atoms with Crippen molar-refractivity contribution in [2.24, 2.45) is 0 Å². The molecule has 0 aliphatic heterocycles. The Bertz CT molecular complexity index is 349. The molecule has 21 heavy (non-hydrogen) atoms. The van der Waals surface area contributed by atoms with Gasteiger partial charge in [0.05, 0.1) is 6.42 Å². The molecule has 9 heteroatoms. The summed E-state index contributed by atoms with van der Waals surface area (Å²) in [6.07, 6.45) is -2.15. The lowest BCUT2D eigenvalue weighted by Crippen LogP contribution is -2.48. The molecule has 0 fully saturated rings. The summed E-state index contributed by atoms with van der Waals surface area (Å²) in [7, 11) is 0. The van der Waals surface area contributed by atoms with E-state index >= 15 is 0 Å². The van der Waals surface area contributed by atoms with Crippen LogP contribution in [-0.4, -0.2) is 34.2 Å². The third-order valence-electron chi connectivity index (χ3n) is 1.80. The van der Waals surface area contributed by atoms with E-state index in [9.17, 15) is 14.7 Å². The minimum Gasteiger partial charge on any atom is -0.381 e. The fourth-order valence-electron chi connectivity index (χ4n) is 0.815. The Morgan fingerprint density at radius 3 is 1.81 bits per heavy atom. The highest BCUT2D eigenvalue weighted by molar-refractivity contribution is 5.81. The van der Waals surface area contributed by atoms with Crippen molar-refractivity contribution in [1.29, 1.82) is 0 Å². The standard InChI is InChI=1S/C12H26N4O5/c1-11(2,3)13-15-20-9(18)7-8(17)10(19)21-16-14-12(4,5)6/h8,13-17H,7H2,1-6H3. The van der Waals surface area contributed by atoms with Crippen molar-refractivity contribution in [1.82, 2.24) is 22.0 Å². The third-order valence-corrected chi connectivity index (χ3v) is 1.80. The van der Waals surface area contributed by atoms with Gasteiger partial charge in [-0.25, -0.2) is 15.6 Å². The van der Waals surface area contributed by atoms with Crippen molar-refractivity contribution in [2.75, 3.05) is 0 Å². The second-order valence-electron chi connectivity index (χ2n) is 6.57. The number of hydrogen-bond donors (Lipinski definition) is 5. The predicted octanol–water partition coefficient (Wildman–Crippen LogP) is -0.561. The van der Waals surface area contributed by atoms with Gasteiger partial charge >= 0.3 is 11.9 Å². The first kappa shape index (κ1) is 19.7. The van der Waals surface area contributed by atoms with Crippen molar-refractivity contribution >= 4 is 11.9 Å². The number of carbonyl (C=O) groups is 2. The van der Waals surface area contributed by atoms with E-state index in [1.165, 1.54) is 0 Å². The van der Waals surface area contributed by atoms with Gasteiger partial charge < -0.3 is 14.8 Å². The van der Waals surface area contributed by atoms with Crippen molar-refractivity contribution in [3.8, 4) is 0 Å². The van der Waals surface area contributed by atoms with Gasteiger partial charge in [0.2, 0.25) is 0 Å². The van der Waals surface area contributed by atoms with E-state index in [0.717, 1.165) is 0 Å². The summed E-state index contributed by atoms with van der Waals surface area (Å²) < 4.78 is 0. The monoisotopic (exact) mass is 306 g/mol. The molecule has 1 atom stereocenters. The molecule has 124 valence electrons. The summed E-state index contributed by atoms with van der Waals surface area (Å²) in [6.45, 7) is 11.1. The Hall–Kier alpha value is -1.26. The van der Waals surface area contributed by atoms with Crippen molar-refractivity contribution in [2.45, 2.75) is 65.1 Å². The lowest BCUT2D eigenvalue weighted by Gasteiger charge is -2.21. The fourth-order valence-corrected chi connectivity index (χ4v) is 0.815. The van der Waals surface area contributed by atoms with E-state index in [1.807, 2.05) is 41.5 Å². The summed E-state index contributed by atoms with van der Waals surface area (Å²) in [6, 6.07) is 0.